The summed E-state index contributed by atoms with van der Waals surface area (Å²) in [5.41, 5.74) is 1.22. The Morgan fingerprint density at radius 2 is 2.09 bits per heavy atom. The van der Waals surface area contributed by atoms with Crippen LogP contribution < -0.4 is 0 Å². The van der Waals surface area contributed by atoms with Crippen LogP contribution in [0.3, 0.4) is 0 Å². The fourth-order valence-corrected chi connectivity index (χ4v) is 3.68. The molecule has 0 radical (unpaired) electrons. The predicted octanol–water partition coefficient (Wildman–Crippen LogP) is 2.90. The Labute approximate surface area is 140 Å². The summed E-state index contributed by atoms with van der Waals surface area (Å²) in [6, 6.07) is 8.13. The lowest BCUT2D eigenvalue weighted by molar-refractivity contribution is -0.134. The van der Waals surface area contributed by atoms with Gasteiger partial charge in [0.15, 0.2) is 0 Å². The third-order valence-electron chi connectivity index (χ3n) is 4.92. The third kappa shape index (κ3) is 2.98. The first kappa shape index (κ1) is 14.7. The van der Waals surface area contributed by atoms with Crippen LogP contribution in [0, 0.1) is 5.92 Å². The molecule has 3 atom stereocenters. The zero-order valence-electron chi connectivity index (χ0n) is 12.8. The monoisotopic (exact) mass is 330 g/mol. The first-order valence-corrected chi connectivity index (χ1v) is 8.48. The number of carbonyl (C=O) groups excluding carboxylic acids is 1. The van der Waals surface area contributed by atoms with Gasteiger partial charge in [-0.15, -0.1) is 0 Å². The van der Waals surface area contributed by atoms with Gasteiger partial charge in [0.05, 0.1) is 6.04 Å². The van der Waals surface area contributed by atoms with Crippen LogP contribution in [0.25, 0.3) is 0 Å². The minimum Gasteiger partial charge on any atom is -0.340 e. The van der Waals surface area contributed by atoms with Gasteiger partial charge in [0.2, 0.25) is 5.91 Å². The molecule has 23 heavy (non-hydrogen) atoms. The number of amides is 1. The minimum absolute atomic E-state index is 0.130. The molecular weight excluding hydrogens is 312 g/mol. The smallest absolute Gasteiger partial charge is 0.226 e. The minimum atomic E-state index is 0.130. The molecule has 5 nitrogen and oxygen atoms in total. The van der Waals surface area contributed by atoms with Gasteiger partial charge in [-0.1, -0.05) is 23.7 Å². The Balaban J connectivity index is 1.40. The SMILES string of the molecule is O=C([C@@H]1C[C@H]1c1ccc(Cl)cc1)N1CCC[C@@H](n2cncn2)C1. The highest BCUT2D eigenvalue weighted by molar-refractivity contribution is 6.30. The highest BCUT2D eigenvalue weighted by atomic mass is 35.5. The summed E-state index contributed by atoms with van der Waals surface area (Å²) in [7, 11) is 0. The van der Waals surface area contributed by atoms with Crippen molar-refractivity contribution in [3.8, 4) is 0 Å². The van der Waals surface area contributed by atoms with Crippen LogP contribution in [-0.2, 0) is 4.79 Å². The number of piperidine rings is 1. The van der Waals surface area contributed by atoms with Gasteiger partial charge in [-0.2, -0.15) is 5.10 Å². The summed E-state index contributed by atoms with van der Waals surface area (Å²) in [5.74, 6) is 0.770. The van der Waals surface area contributed by atoms with E-state index in [0.29, 0.717) is 5.92 Å². The molecule has 1 amide bonds. The van der Waals surface area contributed by atoms with Crippen molar-refractivity contribution in [2.24, 2.45) is 5.92 Å². The Hall–Kier alpha value is -1.88. The second-order valence-electron chi connectivity index (χ2n) is 6.46. The number of likely N-dealkylation sites (tertiary alicyclic amines) is 1. The van der Waals surface area contributed by atoms with Gasteiger partial charge >= 0.3 is 0 Å². The quantitative estimate of drug-likeness (QED) is 0.869. The molecule has 1 saturated heterocycles. The maximum absolute atomic E-state index is 12.8. The van der Waals surface area contributed by atoms with Crippen molar-refractivity contribution in [1.29, 1.82) is 0 Å². The highest BCUT2D eigenvalue weighted by Gasteiger charge is 2.46. The molecule has 2 aromatic rings. The molecule has 120 valence electrons. The van der Waals surface area contributed by atoms with Crippen molar-refractivity contribution < 1.29 is 4.79 Å². The van der Waals surface area contributed by atoms with Crippen molar-refractivity contribution in [3.05, 3.63) is 47.5 Å². The highest BCUT2D eigenvalue weighted by Crippen LogP contribution is 2.49. The van der Waals surface area contributed by atoms with E-state index in [4.69, 9.17) is 11.6 Å². The number of carbonyl (C=O) groups is 1. The third-order valence-corrected chi connectivity index (χ3v) is 5.18. The van der Waals surface area contributed by atoms with Crippen LogP contribution in [0.2, 0.25) is 5.02 Å². The lowest BCUT2D eigenvalue weighted by Gasteiger charge is -2.32. The number of hydrogen-bond acceptors (Lipinski definition) is 3. The summed E-state index contributed by atoms with van der Waals surface area (Å²) in [4.78, 5) is 18.8. The van der Waals surface area contributed by atoms with Crippen LogP contribution in [0.4, 0.5) is 0 Å². The summed E-state index contributed by atoms with van der Waals surface area (Å²) in [5, 5.41) is 4.96. The van der Waals surface area contributed by atoms with E-state index in [1.54, 1.807) is 12.7 Å². The van der Waals surface area contributed by atoms with E-state index in [2.05, 4.69) is 10.1 Å². The van der Waals surface area contributed by atoms with Crippen LogP contribution in [0.1, 0.15) is 36.8 Å². The molecule has 1 aromatic heterocycles. The zero-order chi connectivity index (χ0) is 15.8. The molecule has 2 heterocycles. The van der Waals surface area contributed by atoms with E-state index in [1.807, 2.05) is 33.8 Å². The fraction of sp³-hybridized carbons (Fsp3) is 0.471. The maximum Gasteiger partial charge on any atom is 0.226 e. The van der Waals surface area contributed by atoms with Crippen LogP contribution in [-0.4, -0.2) is 38.7 Å². The summed E-state index contributed by atoms with van der Waals surface area (Å²) >= 11 is 5.93. The Morgan fingerprint density at radius 1 is 1.26 bits per heavy atom. The molecule has 1 saturated carbocycles. The van der Waals surface area contributed by atoms with Gasteiger partial charge in [-0.05, 0) is 42.9 Å². The Kier molecular flexibility index (Phi) is 3.81. The molecule has 1 aliphatic carbocycles. The number of hydrogen-bond donors (Lipinski definition) is 0. The van der Waals surface area contributed by atoms with E-state index < -0.39 is 0 Å². The van der Waals surface area contributed by atoms with Crippen LogP contribution in [0.5, 0.6) is 0 Å². The number of aromatic nitrogens is 3. The largest absolute Gasteiger partial charge is 0.340 e. The molecule has 0 bridgehead atoms. The van der Waals surface area contributed by atoms with Gasteiger partial charge in [0.25, 0.3) is 0 Å². The molecular formula is C17H19ClN4O. The van der Waals surface area contributed by atoms with E-state index >= 15 is 0 Å². The summed E-state index contributed by atoms with van der Waals surface area (Å²) in [6.07, 6.45) is 6.32. The zero-order valence-corrected chi connectivity index (χ0v) is 13.6. The fourth-order valence-electron chi connectivity index (χ4n) is 3.56. The molecule has 0 unspecified atom stereocenters. The number of halogens is 1. The number of nitrogens with zero attached hydrogens (tertiary/aromatic N) is 4. The summed E-state index contributed by atoms with van der Waals surface area (Å²) in [6.45, 7) is 1.60. The molecule has 2 aliphatic rings. The number of benzene rings is 1. The van der Waals surface area contributed by atoms with Crippen LogP contribution in [0.15, 0.2) is 36.9 Å². The second kappa shape index (κ2) is 5.96. The number of rotatable bonds is 3. The molecule has 1 aliphatic heterocycles. The Morgan fingerprint density at radius 3 is 2.83 bits per heavy atom. The molecule has 6 heteroatoms. The molecule has 0 N–H and O–H groups in total. The molecule has 1 aromatic carbocycles. The average molecular weight is 331 g/mol. The normalized spacial score (nSPS) is 27.0. The van der Waals surface area contributed by atoms with E-state index in [9.17, 15) is 4.79 Å². The standard InChI is InChI=1S/C17H19ClN4O/c18-13-5-3-12(4-6-13)15-8-16(15)17(23)21-7-1-2-14(9-21)22-11-19-10-20-22/h3-6,10-11,14-16H,1-2,7-9H2/t14-,15+,16-/m1/s1. The average Bonchev–Trinajstić information content (AvgIpc) is 3.18. The van der Waals surface area contributed by atoms with Crippen molar-refractivity contribution in [3.63, 3.8) is 0 Å². The van der Waals surface area contributed by atoms with E-state index in [1.165, 1.54) is 5.56 Å². The van der Waals surface area contributed by atoms with E-state index in [0.717, 1.165) is 37.4 Å². The predicted molar refractivity (Wildman–Crippen MR) is 87.2 cm³/mol. The topological polar surface area (TPSA) is 51.0 Å². The van der Waals surface area contributed by atoms with Crippen molar-refractivity contribution in [2.75, 3.05) is 13.1 Å². The maximum atomic E-state index is 12.8. The van der Waals surface area contributed by atoms with Crippen molar-refractivity contribution >= 4 is 17.5 Å². The van der Waals surface area contributed by atoms with Gasteiger partial charge in [0.1, 0.15) is 12.7 Å². The van der Waals surface area contributed by atoms with E-state index in [-0.39, 0.29) is 17.9 Å². The molecule has 2 fully saturated rings. The van der Waals surface area contributed by atoms with Crippen molar-refractivity contribution in [2.45, 2.75) is 31.2 Å². The van der Waals surface area contributed by atoms with Crippen molar-refractivity contribution in [1.82, 2.24) is 19.7 Å². The van der Waals surface area contributed by atoms with Gasteiger partial charge < -0.3 is 4.90 Å². The first-order valence-electron chi connectivity index (χ1n) is 8.11. The van der Waals surface area contributed by atoms with Crippen LogP contribution >= 0.6 is 11.6 Å². The van der Waals surface area contributed by atoms with Gasteiger partial charge in [-0.25, -0.2) is 9.67 Å². The lowest BCUT2D eigenvalue weighted by atomic mass is 10.0. The van der Waals surface area contributed by atoms with Gasteiger partial charge in [-0.3, -0.25) is 4.79 Å². The molecule has 4 rings (SSSR count). The van der Waals surface area contributed by atoms with Gasteiger partial charge in [0, 0.05) is 24.0 Å². The molecule has 0 spiro atoms. The first-order chi connectivity index (χ1) is 11.2. The summed E-state index contributed by atoms with van der Waals surface area (Å²) < 4.78 is 1.88. The lowest BCUT2D eigenvalue weighted by Crippen LogP contribution is -2.41. The Bertz CT molecular complexity index is 685. The second-order valence-corrected chi connectivity index (χ2v) is 6.89.